The average molecular weight is 341 g/mol. The Morgan fingerprint density at radius 3 is 2.74 bits per heavy atom. The standard InChI is InChI=1S/C15H15BrClNO/c1-10-3-6-14(15(7-10)19-2)18-9-11-8-12(16)4-5-13(11)17/h3-8,18H,9H2,1-2H3. The third kappa shape index (κ3) is 3.64. The topological polar surface area (TPSA) is 21.3 Å². The van der Waals surface area contributed by atoms with Crippen LogP contribution in [0.5, 0.6) is 5.75 Å². The van der Waals surface area contributed by atoms with Gasteiger partial charge in [-0.05, 0) is 48.4 Å². The van der Waals surface area contributed by atoms with E-state index in [9.17, 15) is 0 Å². The number of benzene rings is 2. The summed E-state index contributed by atoms with van der Waals surface area (Å²) in [4.78, 5) is 0. The fourth-order valence-electron chi connectivity index (χ4n) is 1.81. The van der Waals surface area contributed by atoms with Gasteiger partial charge >= 0.3 is 0 Å². The van der Waals surface area contributed by atoms with E-state index in [2.05, 4.69) is 21.2 Å². The van der Waals surface area contributed by atoms with Crippen molar-refractivity contribution in [3.05, 3.63) is 57.0 Å². The molecule has 0 amide bonds. The lowest BCUT2D eigenvalue weighted by molar-refractivity contribution is 0.416. The van der Waals surface area contributed by atoms with Crippen LogP contribution in [0.4, 0.5) is 5.69 Å². The predicted molar refractivity (Wildman–Crippen MR) is 84.2 cm³/mol. The van der Waals surface area contributed by atoms with Gasteiger partial charge in [0.2, 0.25) is 0 Å². The van der Waals surface area contributed by atoms with E-state index in [0.29, 0.717) is 6.54 Å². The maximum Gasteiger partial charge on any atom is 0.142 e. The molecule has 100 valence electrons. The van der Waals surface area contributed by atoms with Crippen molar-refractivity contribution in [1.29, 1.82) is 0 Å². The fourth-order valence-corrected chi connectivity index (χ4v) is 2.41. The molecule has 0 aromatic heterocycles. The monoisotopic (exact) mass is 339 g/mol. The van der Waals surface area contributed by atoms with Crippen molar-refractivity contribution >= 4 is 33.2 Å². The van der Waals surface area contributed by atoms with E-state index in [4.69, 9.17) is 16.3 Å². The highest BCUT2D eigenvalue weighted by molar-refractivity contribution is 9.10. The molecule has 0 aliphatic carbocycles. The second-order valence-electron chi connectivity index (χ2n) is 4.29. The first kappa shape index (κ1) is 14.2. The third-order valence-electron chi connectivity index (χ3n) is 2.83. The van der Waals surface area contributed by atoms with Gasteiger partial charge in [-0.1, -0.05) is 33.6 Å². The van der Waals surface area contributed by atoms with Crippen molar-refractivity contribution < 1.29 is 4.74 Å². The van der Waals surface area contributed by atoms with Crippen molar-refractivity contribution in [1.82, 2.24) is 0 Å². The van der Waals surface area contributed by atoms with E-state index < -0.39 is 0 Å². The van der Waals surface area contributed by atoms with E-state index >= 15 is 0 Å². The van der Waals surface area contributed by atoms with Crippen molar-refractivity contribution in [3.8, 4) is 5.75 Å². The number of anilines is 1. The molecule has 0 atom stereocenters. The van der Waals surface area contributed by atoms with E-state index in [0.717, 1.165) is 26.5 Å². The summed E-state index contributed by atoms with van der Waals surface area (Å²) in [6.07, 6.45) is 0. The first-order valence-corrected chi connectivity index (χ1v) is 7.09. The van der Waals surface area contributed by atoms with Crippen LogP contribution in [0.2, 0.25) is 5.02 Å². The highest BCUT2D eigenvalue weighted by atomic mass is 79.9. The predicted octanol–water partition coefficient (Wildman–Crippen LogP) is 5.03. The zero-order chi connectivity index (χ0) is 13.8. The molecular formula is C15H15BrClNO. The van der Waals surface area contributed by atoms with Gasteiger partial charge in [0.25, 0.3) is 0 Å². The average Bonchev–Trinajstić information content (AvgIpc) is 2.40. The SMILES string of the molecule is COc1cc(C)ccc1NCc1cc(Br)ccc1Cl. The lowest BCUT2D eigenvalue weighted by atomic mass is 10.2. The summed E-state index contributed by atoms with van der Waals surface area (Å²) in [5.74, 6) is 0.839. The Hall–Kier alpha value is -1.19. The molecule has 2 aromatic rings. The van der Waals surface area contributed by atoms with Crippen LogP contribution >= 0.6 is 27.5 Å². The smallest absolute Gasteiger partial charge is 0.142 e. The second-order valence-corrected chi connectivity index (χ2v) is 5.62. The van der Waals surface area contributed by atoms with E-state index in [1.165, 1.54) is 5.56 Å². The molecule has 2 rings (SSSR count). The first-order valence-electron chi connectivity index (χ1n) is 5.92. The zero-order valence-electron chi connectivity index (χ0n) is 10.8. The van der Waals surface area contributed by atoms with Crippen molar-refractivity contribution in [3.63, 3.8) is 0 Å². The Morgan fingerprint density at radius 2 is 2.00 bits per heavy atom. The zero-order valence-corrected chi connectivity index (χ0v) is 13.2. The van der Waals surface area contributed by atoms with E-state index in [1.54, 1.807) is 7.11 Å². The Morgan fingerprint density at radius 1 is 1.21 bits per heavy atom. The van der Waals surface area contributed by atoms with Gasteiger partial charge in [0, 0.05) is 16.0 Å². The molecule has 2 aromatic carbocycles. The quantitative estimate of drug-likeness (QED) is 0.842. The van der Waals surface area contributed by atoms with E-state index in [1.807, 2.05) is 43.3 Å². The minimum absolute atomic E-state index is 0.650. The lowest BCUT2D eigenvalue weighted by Gasteiger charge is -2.13. The molecule has 4 heteroatoms. The highest BCUT2D eigenvalue weighted by Crippen LogP contribution is 2.27. The van der Waals surface area contributed by atoms with E-state index in [-0.39, 0.29) is 0 Å². The summed E-state index contributed by atoms with van der Waals surface area (Å²) in [6.45, 7) is 2.69. The molecule has 0 saturated heterocycles. The van der Waals surface area contributed by atoms with Gasteiger partial charge in [-0.2, -0.15) is 0 Å². The first-order chi connectivity index (χ1) is 9.10. The molecule has 0 bridgehead atoms. The number of ether oxygens (including phenoxy) is 1. The van der Waals surface area contributed by atoms with Crippen LogP contribution in [-0.2, 0) is 6.54 Å². The van der Waals surface area contributed by atoms with Crippen molar-refractivity contribution in [2.24, 2.45) is 0 Å². The Kier molecular flexibility index (Phi) is 4.72. The molecule has 0 fully saturated rings. The van der Waals surface area contributed by atoms with Crippen LogP contribution in [-0.4, -0.2) is 7.11 Å². The molecule has 0 unspecified atom stereocenters. The molecule has 0 spiro atoms. The number of nitrogens with one attached hydrogen (secondary N) is 1. The van der Waals surface area contributed by atoms with Gasteiger partial charge in [-0.3, -0.25) is 0 Å². The summed E-state index contributed by atoms with van der Waals surface area (Å²) in [6, 6.07) is 11.9. The summed E-state index contributed by atoms with van der Waals surface area (Å²) in [5.41, 5.74) is 3.17. The lowest BCUT2D eigenvalue weighted by Crippen LogP contribution is -2.02. The van der Waals surface area contributed by atoms with Crippen molar-refractivity contribution in [2.45, 2.75) is 13.5 Å². The maximum atomic E-state index is 6.17. The van der Waals surface area contributed by atoms with Crippen LogP contribution in [0.25, 0.3) is 0 Å². The molecule has 19 heavy (non-hydrogen) atoms. The summed E-state index contributed by atoms with van der Waals surface area (Å²) in [7, 11) is 1.67. The number of aryl methyl sites for hydroxylation is 1. The fraction of sp³-hybridized carbons (Fsp3) is 0.200. The maximum absolute atomic E-state index is 6.17. The van der Waals surface area contributed by atoms with Gasteiger partial charge in [-0.25, -0.2) is 0 Å². The molecule has 0 radical (unpaired) electrons. The molecule has 2 nitrogen and oxygen atoms in total. The second kappa shape index (κ2) is 6.31. The number of rotatable bonds is 4. The van der Waals surface area contributed by atoms with Crippen LogP contribution in [0, 0.1) is 6.92 Å². The molecular weight excluding hydrogens is 326 g/mol. The molecule has 0 heterocycles. The summed E-state index contributed by atoms with van der Waals surface area (Å²) >= 11 is 9.62. The number of hydrogen-bond acceptors (Lipinski definition) is 2. The van der Waals surface area contributed by atoms with Gasteiger partial charge in [0.1, 0.15) is 5.75 Å². The van der Waals surface area contributed by atoms with Crippen LogP contribution in [0.3, 0.4) is 0 Å². The van der Waals surface area contributed by atoms with Crippen LogP contribution in [0.15, 0.2) is 40.9 Å². The Bertz CT molecular complexity index is 586. The Labute approximate surface area is 126 Å². The van der Waals surface area contributed by atoms with Crippen LogP contribution < -0.4 is 10.1 Å². The summed E-state index contributed by atoms with van der Waals surface area (Å²) in [5, 5.41) is 4.10. The van der Waals surface area contributed by atoms with Gasteiger partial charge in [0.05, 0.1) is 12.8 Å². The number of methoxy groups -OCH3 is 1. The minimum atomic E-state index is 0.650. The molecule has 1 N–H and O–H groups in total. The van der Waals surface area contributed by atoms with Gasteiger partial charge in [-0.15, -0.1) is 0 Å². The largest absolute Gasteiger partial charge is 0.495 e. The van der Waals surface area contributed by atoms with Gasteiger partial charge in [0.15, 0.2) is 0 Å². The molecule has 0 aliphatic rings. The number of hydrogen-bond donors (Lipinski definition) is 1. The normalized spacial score (nSPS) is 10.3. The van der Waals surface area contributed by atoms with Crippen molar-refractivity contribution in [2.75, 3.05) is 12.4 Å². The van der Waals surface area contributed by atoms with Crippen LogP contribution in [0.1, 0.15) is 11.1 Å². The highest BCUT2D eigenvalue weighted by Gasteiger charge is 2.05. The third-order valence-corrected chi connectivity index (χ3v) is 3.70. The minimum Gasteiger partial charge on any atom is -0.495 e. The Balaban J connectivity index is 2.16. The van der Waals surface area contributed by atoms with Gasteiger partial charge < -0.3 is 10.1 Å². The molecule has 0 saturated carbocycles. The molecule has 0 aliphatic heterocycles. The number of halogens is 2. The summed E-state index contributed by atoms with van der Waals surface area (Å²) < 4.78 is 6.38.